The van der Waals surface area contributed by atoms with Gasteiger partial charge in [-0.3, -0.25) is 0 Å². The normalized spacial score (nSPS) is 13.8. The number of rotatable bonds is 2. The highest BCUT2D eigenvalue weighted by Gasteiger charge is 2.16. The molecule has 1 nitrogen and oxygen atoms in total. The zero-order chi connectivity index (χ0) is 24.4. The van der Waals surface area contributed by atoms with Gasteiger partial charge in [0.15, 0.2) is 0 Å². The average Bonchev–Trinajstić information content (AvgIpc) is 3.26. The molecule has 0 aliphatic carbocycles. The highest BCUT2D eigenvalue weighted by Crippen LogP contribution is 2.41. The van der Waals surface area contributed by atoms with Gasteiger partial charge in [0, 0.05) is 16.3 Å². The van der Waals surface area contributed by atoms with Crippen molar-refractivity contribution in [2.45, 2.75) is 0 Å². The lowest BCUT2D eigenvalue weighted by atomic mass is 9.94. The van der Waals surface area contributed by atoms with Crippen LogP contribution in [0.5, 0.6) is 0 Å². The van der Waals surface area contributed by atoms with Gasteiger partial charge in [-0.2, -0.15) is 0 Å². The van der Waals surface area contributed by atoms with Gasteiger partial charge in [0.2, 0.25) is 0 Å². The summed E-state index contributed by atoms with van der Waals surface area (Å²) >= 11 is 6.57. The van der Waals surface area contributed by atoms with Crippen molar-refractivity contribution in [1.29, 1.82) is 0 Å². The van der Waals surface area contributed by atoms with Crippen LogP contribution in [-0.4, -0.2) is 0 Å². The second kappa shape index (κ2) is 6.76. The first kappa shape index (κ1) is 12.9. The van der Waals surface area contributed by atoms with E-state index < -0.39 is 6.04 Å². The highest BCUT2D eigenvalue weighted by atomic mass is 35.5. The standard InChI is InChI=1S/C28H17ClO/c29-25-11-6-12-26-27(25)24-17-22(21-14-13-18-7-4-5-10-20(18)15-21)16-23(28(24)30-26)19-8-2-1-3-9-19/h1-17H/i1D,2D,3D,8D,9D. The van der Waals surface area contributed by atoms with E-state index in [0.717, 1.165) is 32.7 Å². The predicted octanol–water partition coefficient (Wildman–Crippen LogP) is 8.73. The molecule has 5 aromatic carbocycles. The molecule has 1 aromatic heterocycles. The Kier molecular flexibility index (Phi) is 2.90. The average molecular weight is 410 g/mol. The van der Waals surface area contributed by atoms with E-state index >= 15 is 0 Å². The third kappa shape index (κ3) is 2.71. The molecule has 0 fully saturated rings. The van der Waals surface area contributed by atoms with Crippen LogP contribution in [0.25, 0.3) is 55.0 Å². The Morgan fingerprint density at radius 3 is 2.40 bits per heavy atom. The number of benzene rings is 5. The van der Waals surface area contributed by atoms with Crippen LogP contribution in [0.1, 0.15) is 6.85 Å². The van der Waals surface area contributed by atoms with E-state index in [4.69, 9.17) is 22.9 Å². The largest absolute Gasteiger partial charge is 0.455 e. The maximum atomic E-state index is 8.57. The maximum absolute atomic E-state index is 8.57. The topological polar surface area (TPSA) is 13.1 Å². The summed E-state index contributed by atoms with van der Waals surface area (Å²) in [7, 11) is 0. The Balaban J connectivity index is 1.76. The first-order valence-corrected chi connectivity index (χ1v) is 9.94. The summed E-state index contributed by atoms with van der Waals surface area (Å²) in [4.78, 5) is 0. The first-order valence-electron chi connectivity index (χ1n) is 12.1. The summed E-state index contributed by atoms with van der Waals surface area (Å²) in [5.41, 5.74) is 3.27. The molecule has 0 aliphatic rings. The fraction of sp³-hybridized carbons (Fsp3) is 0. The molecular formula is C28H17ClO. The molecule has 0 aliphatic heterocycles. The lowest BCUT2D eigenvalue weighted by molar-refractivity contribution is 0.670. The fourth-order valence-electron chi connectivity index (χ4n) is 3.99. The molecule has 0 saturated heterocycles. The number of fused-ring (bicyclic) bond motifs is 4. The maximum Gasteiger partial charge on any atom is 0.143 e. The Morgan fingerprint density at radius 2 is 1.53 bits per heavy atom. The van der Waals surface area contributed by atoms with Gasteiger partial charge >= 0.3 is 0 Å². The molecule has 2 heteroatoms. The lowest BCUT2D eigenvalue weighted by Gasteiger charge is -2.09. The van der Waals surface area contributed by atoms with Crippen LogP contribution in [-0.2, 0) is 0 Å². The minimum Gasteiger partial charge on any atom is -0.455 e. The minimum atomic E-state index is -0.432. The smallest absolute Gasteiger partial charge is 0.143 e. The molecule has 0 atom stereocenters. The molecule has 6 rings (SSSR count). The van der Waals surface area contributed by atoms with E-state index in [2.05, 4.69) is 6.07 Å². The van der Waals surface area contributed by atoms with Gasteiger partial charge in [-0.15, -0.1) is 0 Å². The minimum absolute atomic E-state index is 0.0961. The van der Waals surface area contributed by atoms with E-state index in [1.807, 2.05) is 54.6 Å². The molecule has 0 radical (unpaired) electrons. The Bertz CT molecular complexity index is 1790. The Hall–Kier alpha value is -3.55. The van der Waals surface area contributed by atoms with Crippen LogP contribution in [0.15, 0.2) is 107 Å². The molecule has 0 bridgehead atoms. The lowest BCUT2D eigenvalue weighted by Crippen LogP contribution is -1.84. The van der Waals surface area contributed by atoms with Crippen molar-refractivity contribution < 1.29 is 11.3 Å². The van der Waals surface area contributed by atoms with Crippen molar-refractivity contribution in [1.82, 2.24) is 0 Å². The van der Waals surface area contributed by atoms with Gasteiger partial charge in [-0.05, 0) is 57.8 Å². The summed E-state index contributed by atoms with van der Waals surface area (Å²) in [5, 5.41) is 4.15. The van der Waals surface area contributed by atoms with Crippen LogP contribution in [0, 0.1) is 0 Å². The van der Waals surface area contributed by atoms with E-state index in [0.29, 0.717) is 21.8 Å². The third-order valence-corrected chi connectivity index (χ3v) is 5.71. The molecule has 1 heterocycles. The van der Waals surface area contributed by atoms with Crippen LogP contribution in [0.4, 0.5) is 0 Å². The molecule has 0 amide bonds. The van der Waals surface area contributed by atoms with Crippen LogP contribution >= 0.6 is 11.6 Å². The van der Waals surface area contributed by atoms with Crippen molar-refractivity contribution >= 4 is 44.3 Å². The second-order valence-corrected chi connectivity index (χ2v) is 7.58. The van der Waals surface area contributed by atoms with Crippen molar-refractivity contribution in [3.05, 3.63) is 108 Å². The number of hydrogen-bond acceptors (Lipinski definition) is 1. The quantitative estimate of drug-likeness (QED) is 0.278. The molecular weight excluding hydrogens is 388 g/mol. The molecule has 0 N–H and O–H groups in total. The summed E-state index contributed by atoms with van der Waals surface area (Å²) < 4.78 is 47.7. The molecule has 0 saturated carbocycles. The predicted molar refractivity (Wildman–Crippen MR) is 127 cm³/mol. The van der Waals surface area contributed by atoms with E-state index in [-0.39, 0.29) is 29.7 Å². The molecule has 0 unspecified atom stereocenters. The fourth-order valence-corrected chi connectivity index (χ4v) is 4.26. The number of hydrogen-bond donors (Lipinski definition) is 0. The summed E-state index contributed by atoms with van der Waals surface area (Å²) in [6.45, 7) is 0. The SMILES string of the molecule is [2H]c1c([2H])c([2H])c(-c2cc(-c3ccc4ccccc4c3)cc3c2oc2cccc(Cl)c23)c([2H])c1[2H]. The van der Waals surface area contributed by atoms with Gasteiger partial charge in [0.25, 0.3) is 0 Å². The molecule has 6 aromatic rings. The molecule has 0 spiro atoms. The third-order valence-electron chi connectivity index (χ3n) is 5.40. The monoisotopic (exact) mass is 409 g/mol. The van der Waals surface area contributed by atoms with Gasteiger partial charge in [0.05, 0.1) is 11.9 Å². The second-order valence-electron chi connectivity index (χ2n) is 7.18. The molecule has 142 valence electrons. The molecule has 30 heavy (non-hydrogen) atoms. The van der Waals surface area contributed by atoms with Crippen molar-refractivity contribution in [2.24, 2.45) is 0 Å². The van der Waals surface area contributed by atoms with Gasteiger partial charge < -0.3 is 4.42 Å². The zero-order valence-electron chi connectivity index (χ0n) is 20.7. The van der Waals surface area contributed by atoms with E-state index in [9.17, 15) is 0 Å². The number of halogens is 1. The van der Waals surface area contributed by atoms with E-state index in [1.54, 1.807) is 12.1 Å². The van der Waals surface area contributed by atoms with Crippen molar-refractivity contribution in [2.75, 3.05) is 0 Å². The van der Waals surface area contributed by atoms with Crippen LogP contribution in [0.3, 0.4) is 0 Å². The van der Waals surface area contributed by atoms with Crippen molar-refractivity contribution in [3.8, 4) is 22.3 Å². The van der Waals surface area contributed by atoms with Gasteiger partial charge in [-0.25, -0.2) is 0 Å². The summed E-state index contributed by atoms with van der Waals surface area (Å²) in [5.74, 6) is 0. The van der Waals surface area contributed by atoms with Crippen LogP contribution in [0.2, 0.25) is 5.02 Å². The summed E-state index contributed by atoms with van der Waals surface area (Å²) in [6.07, 6.45) is 0. The van der Waals surface area contributed by atoms with Gasteiger partial charge in [0.1, 0.15) is 11.2 Å². The van der Waals surface area contributed by atoms with Gasteiger partial charge in [-0.1, -0.05) is 84.3 Å². The van der Waals surface area contributed by atoms with E-state index in [1.165, 1.54) is 0 Å². The Morgan fingerprint density at radius 1 is 0.700 bits per heavy atom. The zero-order valence-corrected chi connectivity index (χ0v) is 16.5. The Labute approximate surface area is 186 Å². The highest BCUT2D eigenvalue weighted by molar-refractivity contribution is 6.38. The first-order chi connectivity index (χ1) is 16.8. The van der Waals surface area contributed by atoms with Crippen LogP contribution < -0.4 is 0 Å². The summed E-state index contributed by atoms with van der Waals surface area (Å²) in [6, 6.07) is 21.6. The number of furan rings is 1. The van der Waals surface area contributed by atoms with Crippen molar-refractivity contribution in [3.63, 3.8) is 0 Å².